The van der Waals surface area contributed by atoms with E-state index in [4.69, 9.17) is 18.8 Å². The van der Waals surface area contributed by atoms with E-state index in [1.807, 2.05) is 6.92 Å². The summed E-state index contributed by atoms with van der Waals surface area (Å²) in [5.74, 6) is 0.506. The highest BCUT2D eigenvalue weighted by Gasteiger charge is 2.15. The molecule has 0 aliphatic heterocycles. The Labute approximate surface area is 186 Å². The number of nitrogens with one attached hydrogen (secondary N) is 3. The van der Waals surface area contributed by atoms with E-state index in [0.29, 0.717) is 34.3 Å². The van der Waals surface area contributed by atoms with Crippen LogP contribution in [0, 0.1) is 12.7 Å². The zero-order valence-electron chi connectivity index (χ0n) is 17.7. The highest BCUT2D eigenvalue weighted by Crippen LogP contribution is 2.40. The first-order chi connectivity index (χ1) is 15.3. The van der Waals surface area contributed by atoms with Crippen molar-refractivity contribution in [1.29, 1.82) is 0 Å². The molecule has 32 heavy (non-hydrogen) atoms. The summed E-state index contributed by atoms with van der Waals surface area (Å²) in [6, 6.07) is 8.35. The predicted molar refractivity (Wildman–Crippen MR) is 120 cm³/mol. The second-order valence-electron chi connectivity index (χ2n) is 6.45. The Balaban J connectivity index is 1.92. The van der Waals surface area contributed by atoms with E-state index in [1.54, 1.807) is 30.3 Å². The molecule has 2 aromatic carbocycles. The van der Waals surface area contributed by atoms with Gasteiger partial charge in [-0.05, 0) is 24.6 Å². The van der Waals surface area contributed by atoms with Crippen LogP contribution in [0.1, 0.15) is 5.56 Å². The van der Waals surface area contributed by atoms with E-state index in [-0.39, 0.29) is 11.8 Å². The molecule has 0 aliphatic rings. The summed E-state index contributed by atoms with van der Waals surface area (Å²) in [4.78, 5) is 8.13. The van der Waals surface area contributed by atoms with Crippen LogP contribution in [0.3, 0.4) is 0 Å². The second-order valence-corrected chi connectivity index (χ2v) is 7.16. The molecule has 170 valence electrons. The number of benzene rings is 2. The van der Waals surface area contributed by atoms with Crippen molar-refractivity contribution < 1.29 is 27.4 Å². The molecule has 0 radical (unpaired) electrons. The molecule has 12 heteroatoms. The van der Waals surface area contributed by atoms with Crippen molar-refractivity contribution in [2.75, 3.05) is 36.7 Å². The molecule has 1 unspecified atom stereocenters. The van der Waals surface area contributed by atoms with Gasteiger partial charge in [-0.25, -0.2) is 13.6 Å². The van der Waals surface area contributed by atoms with Gasteiger partial charge in [0.2, 0.25) is 11.7 Å². The number of ether oxygens (including phenoxy) is 3. The van der Waals surface area contributed by atoms with E-state index in [2.05, 4.69) is 25.3 Å². The predicted octanol–water partition coefficient (Wildman–Crippen LogP) is 3.99. The second kappa shape index (κ2) is 10.1. The van der Waals surface area contributed by atoms with Crippen LogP contribution in [-0.2, 0) is 11.3 Å². The number of rotatable bonds is 9. The Kier molecular flexibility index (Phi) is 7.28. The molecule has 0 spiro atoms. The maximum Gasteiger partial charge on any atom is 0.259 e. The molecule has 1 heterocycles. The maximum atomic E-state index is 14.4. The summed E-state index contributed by atoms with van der Waals surface area (Å²) >= 11 is -2.30. The van der Waals surface area contributed by atoms with Crippen molar-refractivity contribution in [1.82, 2.24) is 9.97 Å². The summed E-state index contributed by atoms with van der Waals surface area (Å²) in [7, 11) is 4.48. The number of aryl methyl sites for hydroxylation is 1. The van der Waals surface area contributed by atoms with Crippen LogP contribution in [0.25, 0.3) is 0 Å². The molecule has 3 aromatic rings. The molecule has 0 fully saturated rings. The molecule has 1 atom stereocenters. The Morgan fingerprint density at radius 1 is 1.00 bits per heavy atom. The van der Waals surface area contributed by atoms with Gasteiger partial charge in [-0.3, -0.25) is 9.27 Å². The quantitative estimate of drug-likeness (QED) is 0.348. The monoisotopic (exact) mass is 463 g/mol. The minimum absolute atomic E-state index is 0.0931. The van der Waals surface area contributed by atoms with Crippen molar-refractivity contribution in [2.45, 2.75) is 6.92 Å². The average Bonchev–Trinajstić information content (AvgIpc) is 2.76. The van der Waals surface area contributed by atoms with Crippen LogP contribution < -0.4 is 29.6 Å². The number of anilines is 5. The first-order valence-corrected chi connectivity index (χ1v) is 10.3. The Hall–Kier alpha value is -3.64. The van der Waals surface area contributed by atoms with Gasteiger partial charge in [0.1, 0.15) is 0 Å². The Morgan fingerprint density at radius 2 is 1.69 bits per heavy atom. The van der Waals surface area contributed by atoms with Gasteiger partial charge in [0.25, 0.3) is 11.3 Å². The minimum Gasteiger partial charge on any atom is -0.493 e. The van der Waals surface area contributed by atoms with Crippen molar-refractivity contribution in [3.63, 3.8) is 0 Å². The number of methoxy groups -OCH3 is 3. The largest absolute Gasteiger partial charge is 0.493 e. The molecule has 10 nitrogen and oxygen atoms in total. The molecule has 0 bridgehead atoms. The van der Waals surface area contributed by atoms with E-state index in [0.717, 1.165) is 11.8 Å². The van der Waals surface area contributed by atoms with Crippen LogP contribution in [0.2, 0.25) is 0 Å². The zero-order valence-corrected chi connectivity index (χ0v) is 18.5. The fraction of sp³-hybridized carbons (Fsp3) is 0.200. The van der Waals surface area contributed by atoms with Gasteiger partial charge in [-0.1, -0.05) is 6.07 Å². The van der Waals surface area contributed by atoms with E-state index < -0.39 is 17.1 Å². The van der Waals surface area contributed by atoms with E-state index in [1.165, 1.54) is 21.3 Å². The van der Waals surface area contributed by atoms with Gasteiger partial charge in [-0.2, -0.15) is 4.98 Å². The maximum absolute atomic E-state index is 14.4. The van der Waals surface area contributed by atoms with Gasteiger partial charge in [0.15, 0.2) is 23.1 Å². The number of halogens is 1. The number of aromatic nitrogens is 2. The van der Waals surface area contributed by atoms with Crippen molar-refractivity contribution in [3.05, 3.63) is 47.9 Å². The van der Waals surface area contributed by atoms with Crippen LogP contribution in [0.5, 0.6) is 17.2 Å². The van der Waals surface area contributed by atoms with Gasteiger partial charge in [0.05, 0.1) is 38.9 Å². The first kappa shape index (κ1) is 23.0. The fourth-order valence-corrected chi connectivity index (χ4v) is 3.23. The lowest BCUT2D eigenvalue weighted by atomic mass is 10.2. The lowest BCUT2D eigenvalue weighted by molar-refractivity contribution is 0.324. The van der Waals surface area contributed by atoms with Crippen LogP contribution in [0.4, 0.5) is 33.2 Å². The molecule has 0 amide bonds. The van der Waals surface area contributed by atoms with Gasteiger partial charge in [0, 0.05) is 17.8 Å². The van der Waals surface area contributed by atoms with Crippen LogP contribution in [-0.4, -0.2) is 40.1 Å². The van der Waals surface area contributed by atoms with Crippen molar-refractivity contribution in [2.24, 2.45) is 0 Å². The lowest BCUT2D eigenvalue weighted by Crippen LogP contribution is -2.07. The number of hydrogen-bond donors (Lipinski definition) is 4. The smallest absolute Gasteiger partial charge is 0.259 e. The first-order valence-electron chi connectivity index (χ1n) is 9.19. The molecule has 3 rings (SSSR count). The summed E-state index contributed by atoms with van der Waals surface area (Å²) in [5.41, 5.74) is 2.03. The molecule has 0 aliphatic carbocycles. The summed E-state index contributed by atoms with van der Waals surface area (Å²) in [6.07, 6.45) is 1.00. The Morgan fingerprint density at radius 3 is 2.28 bits per heavy atom. The topological polar surface area (TPSA) is 127 Å². The normalized spacial score (nSPS) is 11.4. The SMILES string of the molecule is COc1cc(Nc2ncc(F)c(Nc3ccc(C)cc3NS(=O)O)n2)cc(OC)c1OC. The molecular weight excluding hydrogens is 441 g/mol. The van der Waals surface area contributed by atoms with Gasteiger partial charge >= 0.3 is 0 Å². The van der Waals surface area contributed by atoms with Crippen LogP contribution in [0.15, 0.2) is 36.5 Å². The van der Waals surface area contributed by atoms with Crippen molar-refractivity contribution in [3.8, 4) is 17.2 Å². The molecule has 0 saturated carbocycles. The number of nitrogens with zero attached hydrogens (tertiary/aromatic N) is 2. The molecule has 1 aromatic heterocycles. The van der Waals surface area contributed by atoms with Gasteiger partial charge < -0.3 is 24.8 Å². The van der Waals surface area contributed by atoms with E-state index in [9.17, 15) is 8.60 Å². The molecule has 0 saturated heterocycles. The van der Waals surface area contributed by atoms with Gasteiger partial charge in [-0.15, -0.1) is 0 Å². The summed E-state index contributed by atoms with van der Waals surface area (Å²) in [6.45, 7) is 1.82. The number of hydrogen-bond acceptors (Lipinski definition) is 8. The molecular formula is C20H22FN5O5S. The third-order valence-corrected chi connectivity index (χ3v) is 4.68. The fourth-order valence-electron chi connectivity index (χ4n) is 2.87. The standard InChI is InChI=1S/C20H22FN5O5S/c1-11-5-6-14(15(7-11)26-32(27)28)24-19-13(21)10-22-20(25-19)23-12-8-16(29-2)18(31-4)17(9-12)30-3/h5-10,26H,1-4H3,(H,27,28)(H2,22,23,24,25). The summed E-state index contributed by atoms with van der Waals surface area (Å²) in [5, 5.41) is 5.78. The highest BCUT2D eigenvalue weighted by molar-refractivity contribution is 7.80. The summed E-state index contributed by atoms with van der Waals surface area (Å²) < 4.78 is 53.1. The minimum atomic E-state index is -2.30. The average molecular weight is 463 g/mol. The zero-order chi connectivity index (χ0) is 23.3. The Bertz CT molecular complexity index is 1120. The third kappa shape index (κ3) is 5.34. The third-order valence-electron chi connectivity index (χ3n) is 4.29. The van der Waals surface area contributed by atoms with E-state index >= 15 is 0 Å². The lowest BCUT2D eigenvalue weighted by Gasteiger charge is -2.15. The highest BCUT2D eigenvalue weighted by atomic mass is 32.2. The van der Waals surface area contributed by atoms with Crippen LogP contribution >= 0.6 is 0 Å². The molecule has 4 N–H and O–H groups in total. The van der Waals surface area contributed by atoms with Crippen molar-refractivity contribution >= 4 is 40.1 Å².